The van der Waals surface area contributed by atoms with Crippen LogP contribution >= 0.6 is 11.6 Å². The van der Waals surface area contributed by atoms with Gasteiger partial charge in [-0.1, -0.05) is 11.6 Å². The summed E-state index contributed by atoms with van der Waals surface area (Å²) >= 11 is 5.86. The van der Waals surface area contributed by atoms with E-state index in [1.54, 1.807) is 18.0 Å². The zero-order valence-electron chi connectivity index (χ0n) is 10.9. The van der Waals surface area contributed by atoms with Crippen LogP contribution in [0.1, 0.15) is 23.2 Å². The first-order valence-corrected chi connectivity index (χ1v) is 6.77. The molecule has 1 N–H and O–H groups in total. The molecule has 104 valence electrons. The van der Waals surface area contributed by atoms with Gasteiger partial charge in [0.25, 0.3) is 5.91 Å². The molecule has 4 nitrogen and oxygen atoms in total. The molecule has 0 radical (unpaired) electrons. The van der Waals surface area contributed by atoms with Crippen molar-refractivity contribution in [1.82, 2.24) is 4.90 Å². The minimum Gasteiger partial charge on any atom is -0.507 e. The van der Waals surface area contributed by atoms with E-state index in [1.807, 2.05) is 0 Å². The maximum absolute atomic E-state index is 12.3. The molecule has 1 heterocycles. The van der Waals surface area contributed by atoms with E-state index in [0.717, 1.165) is 19.4 Å². The minimum atomic E-state index is -0.217. The third-order valence-electron chi connectivity index (χ3n) is 3.32. The van der Waals surface area contributed by atoms with Gasteiger partial charge in [-0.25, -0.2) is 0 Å². The Hall–Kier alpha value is -1.26. The van der Waals surface area contributed by atoms with Crippen LogP contribution < -0.4 is 0 Å². The number of amides is 1. The van der Waals surface area contributed by atoms with Crippen LogP contribution in [0.15, 0.2) is 18.2 Å². The molecule has 5 heteroatoms. The van der Waals surface area contributed by atoms with Crippen LogP contribution in [0.5, 0.6) is 5.75 Å². The molecular formula is C14H18ClNO3. The van der Waals surface area contributed by atoms with Crippen molar-refractivity contribution in [1.29, 1.82) is 0 Å². The van der Waals surface area contributed by atoms with Gasteiger partial charge in [0.1, 0.15) is 5.75 Å². The van der Waals surface area contributed by atoms with Crippen molar-refractivity contribution in [3.05, 3.63) is 28.8 Å². The molecule has 1 aliphatic rings. The van der Waals surface area contributed by atoms with E-state index in [-0.39, 0.29) is 17.2 Å². The third kappa shape index (κ3) is 3.61. The van der Waals surface area contributed by atoms with E-state index in [1.165, 1.54) is 12.1 Å². The highest BCUT2D eigenvalue weighted by Crippen LogP contribution is 2.23. The summed E-state index contributed by atoms with van der Waals surface area (Å²) in [4.78, 5) is 13.9. The topological polar surface area (TPSA) is 49.8 Å². The second-order valence-electron chi connectivity index (χ2n) is 4.93. The Balaban J connectivity index is 2.03. The van der Waals surface area contributed by atoms with Crippen molar-refractivity contribution in [2.45, 2.75) is 12.8 Å². The summed E-state index contributed by atoms with van der Waals surface area (Å²) in [6.45, 7) is 2.13. The third-order valence-corrected chi connectivity index (χ3v) is 3.56. The van der Waals surface area contributed by atoms with Crippen LogP contribution in [0, 0.1) is 5.92 Å². The van der Waals surface area contributed by atoms with E-state index in [9.17, 15) is 9.90 Å². The smallest absolute Gasteiger partial charge is 0.257 e. The Bertz CT molecular complexity index is 458. The molecule has 1 unspecified atom stereocenters. The van der Waals surface area contributed by atoms with Crippen LogP contribution in [-0.4, -0.2) is 42.7 Å². The Kier molecular flexibility index (Phi) is 4.66. The van der Waals surface area contributed by atoms with Crippen LogP contribution in [0.2, 0.25) is 5.02 Å². The Morgan fingerprint density at radius 1 is 1.58 bits per heavy atom. The summed E-state index contributed by atoms with van der Waals surface area (Å²) in [6, 6.07) is 4.49. The number of aromatic hydroxyl groups is 1. The highest BCUT2D eigenvalue weighted by atomic mass is 35.5. The van der Waals surface area contributed by atoms with Crippen molar-refractivity contribution in [2.75, 3.05) is 26.8 Å². The molecule has 1 fully saturated rings. The predicted molar refractivity (Wildman–Crippen MR) is 73.6 cm³/mol. The Morgan fingerprint density at radius 2 is 2.37 bits per heavy atom. The zero-order valence-corrected chi connectivity index (χ0v) is 11.7. The van der Waals surface area contributed by atoms with Gasteiger partial charge in [-0.3, -0.25) is 4.79 Å². The maximum Gasteiger partial charge on any atom is 0.257 e. The van der Waals surface area contributed by atoms with E-state index < -0.39 is 0 Å². The van der Waals surface area contributed by atoms with E-state index in [4.69, 9.17) is 16.3 Å². The summed E-state index contributed by atoms with van der Waals surface area (Å²) < 4.78 is 5.40. The first-order chi connectivity index (χ1) is 9.08. The number of hydrogen-bond donors (Lipinski definition) is 1. The van der Waals surface area contributed by atoms with Gasteiger partial charge in [-0.05, 0) is 37.0 Å². The van der Waals surface area contributed by atoms with Crippen molar-refractivity contribution in [2.24, 2.45) is 5.92 Å². The average molecular weight is 284 g/mol. The average Bonchev–Trinajstić information content (AvgIpc) is 2.42. The lowest BCUT2D eigenvalue weighted by Crippen LogP contribution is -2.35. The number of benzene rings is 1. The molecular weight excluding hydrogens is 266 g/mol. The molecule has 1 aromatic carbocycles. The fourth-order valence-corrected chi connectivity index (χ4v) is 2.48. The van der Waals surface area contributed by atoms with Gasteiger partial charge >= 0.3 is 0 Å². The lowest BCUT2D eigenvalue weighted by Gasteiger charge is -2.27. The molecule has 1 aromatic rings. The highest BCUT2D eigenvalue weighted by Gasteiger charge is 2.21. The minimum absolute atomic E-state index is 0.0406. The van der Waals surface area contributed by atoms with Crippen molar-refractivity contribution < 1.29 is 14.6 Å². The molecule has 0 aliphatic carbocycles. The molecule has 2 rings (SSSR count). The number of ether oxygens (including phenoxy) is 1. The molecule has 1 amide bonds. The normalized spacial score (nSPS) is 19.2. The van der Waals surface area contributed by atoms with Gasteiger partial charge in [0.2, 0.25) is 0 Å². The standard InChI is InChI=1S/C14H18ClNO3/c1-16(8-10-3-2-6-19-9-10)14(18)12-7-11(15)4-5-13(12)17/h4-5,7,10,17H,2-3,6,8-9H2,1H3. The first-order valence-electron chi connectivity index (χ1n) is 6.39. The van der Waals surface area contributed by atoms with Crippen LogP contribution in [0.3, 0.4) is 0 Å². The molecule has 19 heavy (non-hydrogen) atoms. The predicted octanol–water partition coefficient (Wildman–Crippen LogP) is 2.54. The van der Waals surface area contributed by atoms with Gasteiger partial charge in [0.05, 0.1) is 12.2 Å². The highest BCUT2D eigenvalue weighted by molar-refractivity contribution is 6.31. The molecule has 1 atom stereocenters. The number of phenols is 1. The number of phenolic OH excluding ortho intramolecular Hbond substituents is 1. The Morgan fingerprint density at radius 3 is 3.05 bits per heavy atom. The van der Waals surface area contributed by atoms with Crippen molar-refractivity contribution in [3.8, 4) is 5.75 Å². The van der Waals surface area contributed by atoms with E-state index in [2.05, 4.69) is 0 Å². The summed E-state index contributed by atoms with van der Waals surface area (Å²) in [6.07, 6.45) is 2.11. The summed E-state index contributed by atoms with van der Waals surface area (Å²) in [5.74, 6) is 0.107. The number of rotatable bonds is 3. The number of hydrogen-bond acceptors (Lipinski definition) is 3. The van der Waals surface area contributed by atoms with Crippen LogP contribution in [0.4, 0.5) is 0 Å². The second kappa shape index (κ2) is 6.26. The van der Waals surface area contributed by atoms with Gasteiger partial charge < -0.3 is 14.7 Å². The molecule has 0 spiro atoms. The number of halogens is 1. The first kappa shape index (κ1) is 14.2. The van der Waals surface area contributed by atoms with Crippen LogP contribution in [-0.2, 0) is 4.74 Å². The lowest BCUT2D eigenvalue weighted by atomic mass is 10.0. The monoisotopic (exact) mass is 283 g/mol. The fraction of sp³-hybridized carbons (Fsp3) is 0.500. The molecule has 1 saturated heterocycles. The summed E-state index contributed by atoms with van der Waals surface area (Å²) in [7, 11) is 1.73. The quantitative estimate of drug-likeness (QED) is 0.927. The van der Waals surface area contributed by atoms with E-state index >= 15 is 0 Å². The molecule has 0 saturated carbocycles. The molecule has 0 bridgehead atoms. The summed E-state index contributed by atoms with van der Waals surface area (Å²) in [5.41, 5.74) is 0.242. The largest absolute Gasteiger partial charge is 0.507 e. The molecule has 0 aromatic heterocycles. The number of carbonyl (C=O) groups is 1. The zero-order chi connectivity index (χ0) is 13.8. The number of nitrogens with zero attached hydrogens (tertiary/aromatic N) is 1. The fourth-order valence-electron chi connectivity index (χ4n) is 2.31. The second-order valence-corrected chi connectivity index (χ2v) is 5.37. The van der Waals surface area contributed by atoms with Crippen molar-refractivity contribution >= 4 is 17.5 Å². The van der Waals surface area contributed by atoms with E-state index in [0.29, 0.717) is 24.1 Å². The van der Waals surface area contributed by atoms with Gasteiger partial charge in [-0.15, -0.1) is 0 Å². The van der Waals surface area contributed by atoms with Crippen LogP contribution in [0.25, 0.3) is 0 Å². The summed E-state index contributed by atoms with van der Waals surface area (Å²) in [5, 5.41) is 10.2. The molecule has 1 aliphatic heterocycles. The lowest BCUT2D eigenvalue weighted by molar-refractivity contribution is 0.0388. The Labute approximate surface area is 117 Å². The van der Waals surface area contributed by atoms with Crippen molar-refractivity contribution in [3.63, 3.8) is 0 Å². The number of carbonyl (C=O) groups excluding carboxylic acids is 1. The van der Waals surface area contributed by atoms with Gasteiger partial charge in [-0.2, -0.15) is 0 Å². The SMILES string of the molecule is CN(CC1CCCOC1)C(=O)c1cc(Cl)ccc1O. The maximum atomic E-state index is 12.3. The van der Waals surface area contributed by atoms with Gasteiger partial charge in [0.15, 0.2) is 0 Å². The van der Waals surface area contributed by atoms with Gasteiger partial charge in [0, 0.05) is 25.2 Å².